The van der Waals surface area contributed by atoms with Crippen LogP contribution in [0.3, 0.4) is 0 Å². The summed E-state index contributed by atoms with van der Waals surface area (Å²) in [4.78, 5) is 0. The maximum absolute atomic E-state index is 12.0. The SMILES string of the molecule is CNC(CCOCC(F)F)c1cc(C)c(C)cc1Cl. The van der Waals surface area contributed by atoms with E-state index in [0.717, 1.165) is 16.7 Å². The third-order valence-electron chi connectivity index (χ3n) is 3.13. The van der Waals surface area contributed by atoms with Crippen molar-refractivity contribution in [2.24, 2.45) is 0 Å². The molecule has 19 heavy (non-hydrogen) atoms. The number of hydrogen-bond donors (Lipinski definition) is 1. The minimum absolute atomic E-state index is 0.00414. The maximum Gasteiger partial charge on any atom is 0.261 e. The van der Waals surface area contributed by atoms with Gasteiger partial charge in [-0.15, -0.1) is 0 Å². The predicted molar refractivity (Wildman–Crippen MR) is 74.2 cm³/mol. The van der Waals surface area contributed by atoms with Gasteiger partial charge in [-0.05, 0) is 50.1 Å². The van der Waals surface area contributed by atoms with E-state index in [9.17, 15) is 8.78 Å². The number of alkyl halides is 2. The highest BCUT2D eigenvalue weighted by molar-refractivity contribution is 6.31. The summed E-state index contributed by atoms with van der Waals surface area (Å²) in [5.41, 5.74) is 3.28. The van der Waals surface area contributed by atoms with E-state index in [4.69, 9.17) is 16.3 Å². The Labute approximate surface area is 118 Å². The zero-order valence-corrected chi connectivity index (χ0v) is 12.2. The van der Waals surface area contributed by atoms with E-state index < -0.39 is 13.0 Å². The average molecular weight is 292 g/mol. The Hall–Kier alpha value is -0.710. The summed E-state index contributed by atoms with van der Waals surface area (Å²) in [7, 11) is 1.82. The minimum atomic E-state index is -2.42. The van der Waals surface area contributed by atoms with Gasteiger partial charge < -0.3 is 10.1 Å². The quantitative estimate of drug-likeness (QED) is 0.770. The highest BCUT2D eigenvalue weighted by atomic mass is 35.5. The number of aryl methyl sites for hydroxylation is 2. The van der Waals surface area contributed by atoms with E-state index in [2.05, 4.69) is 5.32 Å². The Kier molecular flexibility index (Phi) is 6.69. The van der Waals surface area contributed by atoms with Gasteiger partial charge in [-0.25, -0.2) is 8.78 Å². The molecule has 1 rings (SSSR count). The molecule has 0 saturated heterocycles. The normalized spacial score (nSPS) is 13.0. The Morgan fingerprint density at radius 1 is 1.26 bits per heavy atom. The highest BCUT2D eigenvalue weighted by Gasteiger charge is 2.14. The Morgan fingerprint density at radius 2 is 1.89 bits per heavy atom. The summed E-state index contributed by atoms with van der Waals surface area (Å²) < 4.78 is 28.8. The monoisotopic (exact) mass is 291 g/mol. The number of ether oxygens (including phenoxy) is 1. The molecule has 0 bridgehead atoms. The van der Waals surface area contributed by atoms with Crippen molar-refractivity contribution in [2.45, 2.75) is 32.7 Å². The van der Waals surface area contributed by atoms with Gasteiger partial charge in [0, 0.05) is 17.7 Å². The average Bonchev–Trinajstić information content (AvgIpc) is 2.34. The van der Waals surface area contributed by atoms with Crippen LogP contribution in [0.2, 0.25) is 5.02 Å². The van der Waals surface area contributed by atoms with Gasteiger partial charge in [-0.2, -0.15) is 0 Å². The third-order valence-corrected chi connectivity index (χ3v) is 3.46. The lowest BCUT2D eigenvalue weighted by Gasteiger charge is -2.19. The van der Waals surface area contributed by atoms with Crippen LogP contribution in [0.4, 0.5) is 8.78 Å². The van der Waals surface area contributed by atoms with Crippen molar-refractivity contribution in [2.75, 3.05) is 20.3 Å². The Balaban J connectivity index is 2.67. The van der Waals surface area contributed by atoms with Gasteiger partial charge in [0.25, 0.3) is 6.43 Å². The first-order valence-electron chi connectivity index (χ1n) is 6.25. The number of halogens is 3. The smallest absolute Gasteiger partial charge is 0.261 e. The fourth-order valence-electron chi connectivity index (χ4n) is 1.90. The van der Waals surface area contributed by atoms with Gasteiger partial charge in [0.1, 0.15) is 6.61 Å². The van der Waals surface area contributed by atoms with Crippen LogP contribution in [0.25, 0.3) is 0 Å². The van der Waals surface area contributed by atoms with Gasteiger partial charge in [-0.1, -0.05) is 17.7 Å². The number of rotatable bonds is 7. The van der Waals surface area contributed by atoms with Crippen molar-refractivity contribution in [1.29, 1.82) is 0 Å². The van der Waals surface area contributed by atoms with Crippen LogP contribution in [0.5, 0.6) is 0 Å². The van der Waals surface area contributed by atoms with E-state index in [0.29, 0.717) is 11.4 Å². The molecular formula is C14H20ClF2NO. The molecule has 2 nitrogen and oxygen atoms in total. The van der Waals surface area contributed by atoms with Crippen molar-refractivity contribution in [3.8, 4) is 0 Å². The Bertz CT molecular complexity index is 413. The molecule has 108 valence electrons. The van der Waals surface area contributed by atoms with Crippen LogP contribution in [0, 0.1) is 13.8 Å². The van der Waals surface area contributed by atoms with Crippen molar-refractivity contribution in [3.63, 3.8) is 0 Å². The first-order chi connectivity index (χ1) is 8.95. The molecule has 1 aromatic carbocycles. The summed E-state index contributed by atoms with van der Waals surface area (Å²) in [6.45, 7) is 3.79. The molecule has 0 aliphatic heterocycles. The first kappa shape index (κ1) is 16.3. The summed E-state index contributed by atoms with van der Waals surface area (Å²) in [5, 5.41) is 3.83. The van der Waals surface area contributed by atoms with Crippen LogP contribution in [-0.4, -0.2) is 26.7 Å². The molecule has 0 saturated carbocycles. The highest BCUT2D eigenvalue weighted by Crippen LogP contribution is 2.28. The van der Waals surface area contributed by atoms with Gasteiger partial charge in [0.2, 0.25) is 0 Å². The summed E-state index contributed by atoms with van der Waals surface area (Å²) in [6, 6.07) is 3.96. The lowest BCUT2D eigenvalue weighted by molar-refractivity contribution is 0.0145. The number of benzene rings is 1. The van der Waals surface area contributed by atoms with Crippen LogP contribution in [0.15, 0.2) is 12.1 Å². The molecule has 1 N–H and O–H groups in total. The predicted octanol–water partition coefficient (Wildman–Crippen LogP) is 3.89. The van der Waals surface area contributed by atoms with Crippen molar-refractivity contribution in [1.82, 2.24) is 5.32 Å². The van der Waals surface area contributed by atoms with E-state index >= 15 is 0 Å². The minimum Gasteiger partial charge on any atom is -0.375 e. The molecule has 1 unspecified atom stereocenters. The van der Waals surface area contributed by atoms with E-state index in [-0.39, 0.29) is 12.6 Å². The molecule has 0 spiro atoms. The van der Waals surface area contributed by atoms with Crippen molar-refractivity contribution < 1.29 is 13.5 Å². The molecule has 0 heterocycles. The van der Waals surface area contributed by atoms with Gasteiger partial charge in [-0.3, -0.25) is 0 Å². The van der Waals surface area contributed by atoms with Gasteiger partial charge >= 0.3 is 0 Å². The van der Waals surface area contributed by atoms with E-state index in [1.54, 1.807) is 0 Å². The fourth-order valence-corrected chi connectivity index (χ4v) is 2.25. The largest absolute Gasteiger partial charge is 0.375 e. The standard InChI is InChI=1S/C14H20ClF2NO/c1-9-6-11(12(15)7-10(9)2)13(18-3)4-5-19-8-14(16)17/h6-7,13-14,18H,4-5,8H2,1-3H3. The number of hydrogen-bond acceptors (Lipinski definition) is 2. The van der Waals surface area contributed by atoms with Crippen LogP contribution >= 0.6 is 11.6 Å². The van der Waals surface area contributed by atoms with Crippen LogP contribution in [0.1, 0.15) is 29.2 Å². The molecule has 0 aliphatic carbocycles. The molecule has 1 atom stereocenters. The van der Waals surface area contributed by atoms with Crippen LogP contribution in [-0.2, 0) is 4.74 Å². The molecule has 5 heteroatoms. The van der Waals surface area contributed by atoms with E-state index in [1.807, 2.05) is 33.0 Å². The van der Waals surface area contributed by atoms with Gasteiger partial charge in [0.15, 0.2) is 0 Å². The molecule has 0 aromatic heterocycles. The third kappa shape index (κ3) is 5.05. The van der Waals surface area contributed by atoms with Crippen molar-refractivity contribution in [3.05, 3.63) is 33.8 Å². The molecule has 0 fully saturated rings. The van der Waals surface area contributed by atoms with Gasteiger partial charge in [0.05, 0.1) is 0 Å². The molecule has 0 aliphatic rings. The van der Waals surface area contributed by atoms with Crippen molar-refractivity contribution >= 4 is 11.6 Å². The fraction of sp³-hybridized carbons (Fsp3) is 0.571. The van der Waals surface area contributed by atoms with E-state index in [1.165, 1.54) is 0 Å². The summed E-state index contributed by atoms with van der Waals surface area (Å²) in [6.07, 6.45) is -1.82. The Morgan fingerprint density at radius 3 is 2.47 bits per heavy atom. The first-order valence-corrected chi connectivity index (χ1v) is 6.63. The zero-order chi connectivity index (χ0) is 14.4. The zero-order valence-electron chi connectivity index (χ0n) is 11.5. The lowest BCUT2D eigenvalue weighted by Crippen LogP contribution is -2.19. The number of nitrogens with one attached hydrogen (secondary N) is 1. The molecular weight excluding hydrogens is 272 g/mol. The molecule has 0 amide bonds. The second-order valence-corrected chi connectivity index (χ2v) is 4.96. The molecule has 0 radical (unpaired) electrons. The second-order valence-electron chi connectivity index (χ2n) is 4.55. The second kappa shape index (κ2) is 7.78. The van der Waals surface area contributed by atoms with Crippen LogP contribution < -0.4 is 5.32 Å². The maximum atomic E-state index is 12.0. The topological polar surface area (TPSA) is 21.3 Å². The molecule has 1 aromatic rings. The summed E-state index contributed by atoms with van der Waals surface area (Å²) >= 11 is 6.24. The summed E-state index contributed by atoms with van der Waals surface area (Å²) in [5.74, 6) is 0. The lowest BCUT2D eigenvalue weighted by atomic mass is 9.99.